The highest BCUT2D eigenvalue weighted by Gasteiger charge is 2.28. The Morgan fingerprint density at radius 1 is 1.03 bits per heavy atom. The second kappa shape index (κ2) is 10.9. The van der Waals surface area contributed by atoms with Crippen molar-refractivity contribution in [2.24, 2.45) is 5.73 Å². The Labute approximate surface area is 215 Å². The Balaban J connectivity index is 1.41. The average Bonchev–Trinajstić information content (AvgIpc) is 3.38. The molecule has 0 spiro atoms. The van der Waals surface area contributed by atoms with Crippen LogP contribution in [0.5, 0.6) is 0 Å². The maximum absolute atomic E-state index is 12.5. The Kier molecular flexibility index (Phi) is 7.23. The lowest BCUT2D eigenvalue weighted by molar-refractivity contribution is -0.132. The van der Waals surface area contributed by atoms with Crippen molar-refractivity contribution < 1.29 is 9.59 Å². The van der Waals surface area contributed by atoms with Crippen LogP contribution in [0.25, 0.3) is 28.0 Å². The fourth-order valence-electron chi connectivity index (χ4n) is 4.99. The number of hydrogen-bond acceptors (Lipinski definition) is 7. The summed E-state index contributed by atoms with van der Waals surface area (Å²) in [6.45, 7) is 1.87. The summed E-state index contributed by atoms with van der Waals surface area (Å²) in [4.78, 5) is 36.0. The molecule has 1 fully saturated rings. The molecule has 190 valence electrons. The van der Waals surface area contributed by atoms with Crippen molar-refractivity contribution in [2.75, 3.05) is 25.4 Å². The molecule has 0 unspecified atom stereocenters. The molecule has 3 aromatic heterocycles. The van der Waals surface area contributed by atoms with E-state index in [1.807, 2.05) is 47.4 Å². The molecule has 1 aliphatic heterocycles. The van der Waals surface area contributed by atoms with Gasteiger partial charge in [0.1, 0.15) is 5.82 Å². The number of anilines is 1. The van der Waals surface area contributed by atoms with E-state index in [2.05, 4.69) is 10.1 Å². The molecule has 0 aliphatic carbocycles. The lowest BCUT2D eigenvalue weighted by atomic mass is 9.90. The molecule has 0 atom stereocenters. The first-order valence-corrected chi connectivity index (χ1v) is 12.7. The third-order valence-electron chi connectivity index (χ3n) is 7.09. The number of fused-ring (bicyclic) bond motifs is 1. The summed E-state index contributed by atoms with van der Waals surface area (Å²) < 4.78 is 1.52. The molecule has 1 amide bonds. The highest BCUT2D eigenvalue weighted by atomic mass is 16.2. The molecule has 1 aliphatic rings. The van der Waals surface area contributed by atoms with Gasteiger partial charge in [0.2, 0.25) is 5.91 Å². The van der Waals surface area contributed by atoms with Crippen LogP contribution in [0.2, 0.25) is 0 Å². The first kappa shape index (κ1) is 24.6. The van der Waals surface area contributed by atoms with Crippen LogP contribution in [0, 0.1) is 0 Å². The maximum Gasteiger partial charge on any atom is 0.222 e. The highest BCUT2D eigenvalue weighted by Crippen LogP contribution is 2.34. The van der Waals surface area contributed by atoms with Gasteiger partial charge in [-0.3, -0.25) is 14.6 Å². The van der Waals surface area contributed by atoms with Gasteiger partial charge < -0.3 is 16.4 Å². The van der Waals surface area contributed by atoms with E-state index in [9.17, 15) is 9.59 Å². The van der Waals surface area contributed by atoms with Crippen LogP contribution in [-0.4, -0.2) is 56.3 Å². The summed E-state index contributed by atoms with van der Waals surface area (Å²) in [7, 11) is 0. The van der Waals surface area contributed by atoms with E-state index in [0.29, 0.717) is 43.0 Å². The predicted octanol–water partition coefficient (Wildman–Crippen LogP) is 3.69. The fourth-order valence-corrected chi connectivity index (χ4v) is 4.99. The van der Waals surface area contributed by atoms with Crippen LogP contribution < -0.4 is 11.5 Å². The second-order valence-corrected chi connectivity index (χ2v) is 9.41. The standard InChI is InChI=1S/C28H31N7O2/c29-13-5-4-8-25(37)34-14-11-20(12-15-34)26-23(18-36)27(30)35-28(33-26)22(17-32-35)21-9-10-24(31-16-21)19-6-2-1-3-7-19/h1-3,6-7,9-10,16-18,20H,4-5,8,11-15,29-30H2. The first-order valence-electron chi connectivity index (χ1n) is 12.7. The number of carbonyl (C=O) groups is 2. The molecule has 0 saturated carbocycles. The number of nitrogen functional groups attached to an aromatic ring is 1. The van der Waals surface area contributed by atoms with Crippen LogP contribution in [0.15, 0.2) is 54.9 Å². The minimum atomic E-state index is 0.0296. The van der Waals surface area contributed by atoms with Crippen molar-refractivity contribution >= 4 is 23.7 Å². The summed E-state index contributed by atoms with van der Waals surface area (Å²) >= 11 is 0. The summed E-state index contributed by atoms with van der Waals surface area (Å²) in [5.74, 6) is 0.465. The molecule has 4 heterocycles. The summed E-state index contributed by atoms with van der Waals surface area (Å²) in [6, 6.07) is 13.9. The molecule has 37 heavy (non-hydrogen) atoms. The number of amides is 1. The monoisotopic (exact) mass is 497 g/mol. The summed E-state index contributed by atoms with van der Waals surface area (Å²) in [5.41, 5.74) is 17.2. The van der Waals surface area contributed by atoms with Gasteiger partial charge in [-0.1, -0.05) is 36.4 Å². The number of pyridine rings is 1. The van der Waals surface area contributed by atoms with Gasteiger partial charge in [0.25, 0.3) is 0 Å². The topological polar surface area (TPSA) is 132 Å². The lowest BCUT2D eigenvalue weighted by Gasteiger charge is -2.32. The van der Waals surface area contributed by atoms with Crippen molar-refractivity contribution in [1.29, 1.82) is 0 Å². The van der Waals surface area contributed by atoms with Gasteiger partial charge in [-0.2, -0.15) is 9.61 Å². The van der Waals surface area contributed by atoms with Gasteiger partial charge in [-0.05, 0) is 38.3 Å². The molecule has 9 nitrogen and oxygen atoms in total. The summed E-state index contributed by atoms with van der Waals surface area (Å²) in [6.07, 6.45) is 7.91. The fraction of sp³-hybridized carbons (Fsp3) is 0.321. The number of nitrogens with two attached hydrogens (primary N) is 2. The lowest BCUT2D eigenvalue weighted by Crippen LogP contribution is -2.38. The van der Waals surface area contributed by atoms with E-state index < -0.39 is 0 Å². The number of carbonyl (C=O) groups excluding carboxylic acids is 2. The highest BCUT2D eigenvalue weighted by molar-refractivity contribution is 5.87. The van der Waals surface area contributed by atoms with E-state index >= 15 is 0 Å². The van der Waals surface area contributed by atoms with E-state index in [1.165, 1.54) is 4.52 Å². The van der Waals surface area contributed by atoms with E-state index in [1.54, 1.807) is 12.4 Å². The predicted molar refractivity (Wildman–Crippen MR) is 143 cm³/mol. The van der Waals surface area contributed by atoms with Gasteiger partial charge >= 0.3 is 0 Å². The van der Waals surface area contributed by atoms with Gasteiger partial charge in [0.15, 0.2) is 11.9 Å². The average molecular weight is 498 g/mol. The smallest absolute Gasteiger partial charge is 0.222 e. The third-order valence-corrected chi connectivity index (χ3v) is 7.09. The number of aldehydes is 1. The number of unbranched alkanes of at least 4 members (excludes halogenated alkanes) is 1. The number of benzene rings is 1. The minimum Gasteiger partial charge on any atom is -0.383 e. The molecule has 1 saturated heterocycles. The van der Waals surface area contributed by atoms with Crippen LogP contribution in [0.4, 0.5) is 5.82 Å². The molecule has 4 N–H and O–H groups in total. The normalized spacial score (nSPS) is 14.2. The molecule has 1 aromatic carbocycles. The molecular formula is C28H31N7O2. The van der Waals surface area contributed by atoms with Crippen molar-refractivity contribution in [3.8, 4) is 22.4 Å². The molecule has 9 heteroatoms. The molecule has 4 aromatic rings. The number of likely N-dealkylation sites (tertiary alicyclic amines) is 1. The minimum absolute atomic E-state index is 0.0296. The Morgan fingerprint density at radius 2 is 1.81 bits per heavy atom. The number of piperidine rings is 1. The van der Waals surface area contributed by atoms with Crippen LogP contribution in [0.3, 0.4) is 0 Å². The van der Waals surface area contributed by atoms with Gasteiger partial charge in [-0.25, -0.2) is 4.98 Å². The van der Waals surface area contributed by atoms with Gasteiger partial charge in [0, 0.05) is 48.3 Å². The Bertz CT molecular complexity index is 1390. The third kappa shape index (κ3) is 4.95. The van der Waals surface area contributed by atoms with Crippen LogP contribution >= 0.6 is 0 Å². The van der Waals surface area contributed by atoms with Gasteiger partial charge in [-0.15, -0.1) is 0 Å². The number of nitrogens with zero attached hydrogens (tertiary/aromatic N) is 5. The van der Waals surface area contributed by atoms with Crippen molar-refractivity contribution in [3.63, 3.8) is 0 Å². The zero-order chi connectivity index (χ0) is 25.8. The number of rotatable bonds is 8. The maximum atomic E-state index is 12.5. The second-order valence-electron chi connectivity index (χ2n) is 9.41. The molecule has 5 rings (SSSR count). The molecule has 0 radical (unpaired) electrons. The number of hydrogen-bond donors (Lipinski definition) is 2. The zero-order valence-electron chi connectivity index (χ0n) is 20.7. The van der Waals surface area contributed by atoms with Gasteiger partial charge in [0.05, 0.1) is 23.1 Å². The number of aromatic nitrogens is 4. The Morgan fingerprint density at radius 3 is 2.49 bits per heavy atom. The van der Waals surface area contributed by atoms with E-state index in [-0.39, 0.29) is 17.6 Å². The Hall–Kier alpha value is -4.11. The molecular weight excluding hydrogens is 466 g/mol. The molecule has 0 bridgehead atoms. The largest absolute Gasteiger partial charge is 0.383 e. The quantitative estimate of drug-likeness (QED) is 0.280. The van der Waals surface area contributed by atoms with E-state index in [0.717, 1.165) is 54.4 Å². The van der Waals surface area contributed by atoms with Crippen molar-refractivity contribution in [2.45, 2.75) is 38.0 Å². The van der Waals surface area contributed by atoms with E-state index in [4.69, 9.17) is 16.5 Å². The first-order chi connectivity index (χ1) is 18.1. The van der Waals surface area contributed by atoms with Crippen molar-refractivity contribution in [3.05, 3.63) is 66.1 Å². The van der Waals surface area contributed by atoms with Crippen LogP contribution in [-0.2, 0) is 4.79 Å². The zero-order valence-corrected chi connectivity index (χ0v) is 20.7. The summed E-state index contributed by atoms with van der Waals surface area (Å²) in [5, 5.41) is 4.42. The SMILES string of the molecule is NCCCCC(=O)N1CCC(c2nc3c(-c4ccc(-c5ccccc5)nc4)cnn3c(N)c2C=O)CC1. The van der Waals surface area contributed by atoms with Crippen molar-refractivity contribution in [1.82, 2.24) is 24.5 Å². The van der Waals surface area contributed by atoms with Crippen LogP contribution in [0.1, 0.15) is 54.1 Å².